The van der Waals surface area contributed by atoms with E-state index in [0.29, 0.717) is 29.7 Å². The van der Waals surface area contributed by atoms with Crippen LogP contribution < -0.4 is 4.74 Å². The molecule has 1 aliphatic rings. The van der Waals surface area contributed by atoms with Gasteiger partial charge in [-0.15, -0.1) is 0 Å². The van der Waals surface area contributed by atoms with Crippen molar-refractivity contribution in [2.75, 3.05) is 20.2 Å². The van der Waals surface area contributed by atoms with E-state index in [-0.39, 0.29) is 5.28 Å². The molecule has 0 saturated carbocycles. The number of H-pyrrole nitrogens is 1. The molecule has 1 N–H and O–H groups in total. The molecular formula is C12H16ClN5O. The zero-order chi connectivity index (χ0) is 13.2. The standard InChI is InChI=1S/C12H16ClN5O/c1-18-5-3-2-4-8(18)6-19-11-9-10(15-7-14-9)16-12(13)17-11/h7-8H,2-6H2,1H3,(H,14,15,16,17). The molecular weight excluding hydrogens is 266 g/mol. The first kappa shape index (κ1) is 12.6. The summed E-state index contributed by atoms with van der Waals surface area (Å²) in [5.74, 6) is 0.478. The molecule has 0 aliphatic carbocycles. The first-order valence-corrected chi connectivity index (χ1v) is 6.81. The number of aromatic amines is 1. The van der Waals surface area contributed by atoms with Crippen molar-refractivity contribution in [2.45, 2.75) is 25.3 Å². The van der Waals surface area contributed by atoms with Crippen molar-refractivity contribution in [3.05, 3.63) is 11.6 Å². The lowest BCUT2D eigenvalue weighted by molar-refractivity contribution is 0.123. The number of hydrogen-bond acceptors (Lipinski definition) is 5. The molecule has 0 aromatic carbocycles. The van der Waals surface area contributed by atoms with Crippen molar-refractivity contribution in [3.8, 4) is 5.88 Å². The van der Waals surface area contributed by atoms with Gasteiger partial charge in [-0.25, -0.2) is 4.98 Å². The molecule has 0 bridgehead atoms. The van der Waals surface area contributed by atoms with Crippen molar-refractivity contribution in [2.24, 2.45) is 0 Å². The predicted molar refractivity (Wildman–Crippen MR) is 72.5 cm³/mol. The Morgan fingerprint density at radius 2 is 2.37 bits per heavy atom. The molecule has 1 fully saturated rings. The Hall–Kier alpha value is -1.40. The number of halogens is 1. The van der Waals surface area contributed by atoms with E-state index in [4.69, 9.17) is 16.3 Å². The molecule has 1 atom stereocenters. The topological polar surface area (TPSA) is 66.9 Å². The number of ether oxygens (including phenoxy) is 1. The Bertz CT molecular complexity index is 572. The fourth-order valence-electron chi connectivity index (χ4n) is 2.42. The summed E-state index contributed by atoms with van der Waals surface area (Å²) in [5, 5.41) is 0.159. The maximum Gasteiger partial charge on any atom is 0.244 e. The van der Waals surface area contributed by atoms with Crippen molar-refractivity contribution in [1.82, 2.24) is 24.8 Å². The number of likely N-dealkylation sites (N-methyl/N-ethyl adjacent to an activating group) is 1. The van der Waals surface area contributed by atoms with Crippen molar-refractivity contribution in [1.29, 1.82) is 0 Å². The highest BCUT2D eigenvalue weighted by Gasteiger charge is 2.20. The molecule has 1 aliphatic heterocycles. The lowest BCUT2D eigenvalue weighted by Gasteiger charge is -2.31. The SMILES string of the molecule is CN1CCCCC1COc1nc(Cl)nc2nc[nH]c12. The third-order valence-electron chi connectivity index (χ3n) is 3.56. The largest absolute Gasteiger partial charge is 0.474 e. The van der Waals surface area contributed by atoms with Crippen LogP contribution in [0.25, 0.3) is 11.2 Å². The molecule has 0 spiro atoms. The summed E-state index contributed by atoms with van der Waals surface area (Å²) in [4.78, 5) is 17.5. The maximum atomic E-state index is 5.86. The van der Waals surface area contributed by atoms with Crippen molar-refractivity contribution in [3.63, 3.8) is 0 Å². The number of imidazole rings is 1. The van der Waals surface area contributed by atoms with Crippen LogP contribution >= 0.6 is 11.6 Å². The van der Waals surface area contributed by atoms with Gasteiger partial charge in [0.15, 0.2) is 5.65 Å². The van der Waals surface area contributed by atoms with Crippen LogP contribution in [0.3, 0.4) is 0 Å². The molecule has 6 nitrogen and oxygen atoms in total. The molecule has 0 radical (unpaired) electrons. The van der Waals surface area contributed by atoms with E-state index < -0.39 is 0 Å². The van der Waals surface area contributed by atoms with Gasteiger partial charge in [-0.3, -0.25) is 0 Å². The summed E-state index contributed by atoms with van der Waals surface area (Å²) in [5.41, 5.74) is 1.23. The molecule has 2 aromatic heterocycles. The lowest BCUT2D eigenvalue weighted by Crippen LogP contribution is -2.40. The average molecular weight is 282 g/mol. The van der Waals surface area contributed by atoms with Crippen molar-refractivity contribution < 1.29 is 4.74 Å². The Kier molecular flexibility index (Phi) is 3.52. The van der Waals surface area contributed by atoms with E-state index in [0.717, 1.165) is 13.0 Å². The second kappa shape index (κ2) is 5.30. The Morgan fingerprint density at radius 3 is 3.21 bits per heavy atom. The van der Waals surface area contributed by atoms with E-state index in [9.17, 15) is 0 Å². The van der Waals surface area contributed by atoms with Gasteiger partial charge in [0.05, 0.1) is 6.33 Å². The van der Waals surface area contributed by atoms with Crippen LogP contribution in [0, 0.1) is 0 Å². The van der Waals surface area contributed by atoms with E-state index in [1.165, 1.54) is 12.8 Å². The molecule has 0 amide bonds. The number of piperidine rings is 1. The van der Waals surface area contributed by atoms with Crippen LogP contribution in [0.2, 0.25) is 5.28 Å². The van der Waals surface area contributed by atoms with Gasteiger partial charge in [0.2, 0.25) is 11.2 Å². The molecule has 1 unspecified atom stereocenters. The highest BCUT2D eigenvalue weighted by molar-refractivity contribution is 6.28. The predicted octanol–water partition coefficient (Wildman–Crippen LogP) is 1.87. The van der Waals surface area contributed by atoms with Gasteiger partial charge < -0.3 is 14.6 Å². The second-order valence-corrected chi connectivity index (χ2v) is 5.18. The molecule has 102 valence electrons. The van der Waals surface area contributed by atoms with Gasteiger partial charge >= 0.3 is 0 Å². The Balaban J connectivity index is 1.75. The summed E-state index contributed by atoms with van der Waals surface area (Å²) in [7, 11) is 2.13. The molecule has 7 heteroatoms. The average Bonchev–Trinajstić information content (AvgIpc) is 2.85. The smallest absolute Gasteiger partial charge is 0.244 e. The maximum absolute atomic E-state index is 5.86. The zero-order valence-electron chi connectivity index (χ0n) is 10.8. The van der Waals surface area contributed by atoms with Crippen LogP contribution in [0.15, 0.2) is 6.33 Å². The first-order chi connectivity index (χ1) is 9.24. The summed E-state index contributed by atoms with van der Waals surface area (Å²) in [6.07, 6.45) is 5.23. The van der Waals surface area contributed by atoms with Gasteiger partial charge in [0.1, 0.15) is 12.1 Å². The van der Waals surface area contributed by atoms with Gasteiger partial charge in [0.25, 0.3) is 0 Å². The summed E-state index contributed by atoms with van der Waals surface area (Å²) >= 11 is 5.86. The molecule has 3 heterocycles. The number of nitrogens with one attached hydrogen (secondary N) is 1. The molecule has 3 rings (SSSR count). The number of hydrogen-bond donors (Lipinski definition) is 1. The minimum atomic E-state index is 0.159. The quantitative estimate of drug-likeness (QED) is 0.870. The highest BCUT2D eigenvalue weighted by atomic mass is 35.5. The number of rotatable bonds is 3. The van der Waals surface area contributed by atoms with E-state index >= 15 is 0 Å². The number of fused-ring (bicyclic) bond motifs is 1. The Morgan fingerprint density at radius 1 is 1.47 bits per heavy atom. The number of likely N-dealkylation sites (tertiary alicyclic amines) is 1. The number of aromatic nitrogens is 4. The van der Waals surface area contributed by atoms with Crippen LogP contribution in [0.5, 0.6) is 5.88 Å². The lowest BCUT2D eigenvalue weighted by atomic mass is 10.0. The minimum Gasteiger partial charge on any atom is -0.474 e. The third kappa shape index (κ3) is 2.64. The van der Waals surface area contributed by atoms with Gasteiger partial charge in [-0.05, 0) is 38.0 Å². The van der Waals surface area contributed by atoms with E-state index in [1.807, 2.05) is 0 Å². The summed E-state index contributed by atoms with van der Waals surface area (Å²) in [6, 6.07) is 0.431. The molecule has 19 heavy (non-hydrogen) atoms. The molecule has 2 aromatic rings. The normalized spacial score (nSPS) is 20.8. The zero-order valence-corrected chi connectivity index (χ0v) is 11.5. The fourth-order valence-corrected chi connectivity index (χ4v) is 2.57. The van der Waals surface area contributed by atoms with Crippen LogP contribution in [-0.2, 0) is 0 Å². The van der Waals surface area contributed by atoms with E-state index in [1.54, 1.807) is 6.33 Å². The van der Waals surface area contributed by atoms with E-state index in [2.05, 4.69) is 31.9 Å². The first-order valence-electron chi connectivity index (χ1n) is 6.43. The summed E-state index contributed by atoms with van der Waals surface area (Å²) < 4.78 is 5.82. The van der Waals surface area contributed by atoms with Gasteiger partial charge in [-0.1, -0.05) is 6.42 Å². The van der Waals surface area contributed by atoms with Crippen molar-refractivity contribution >= 4 is 22.8 Å². The van der Waals surface area contributed by atoms with Crippen LogP contribution in [0.1, 0.15) is 19.3 Å². The van der Waals surface area contributed by atoms with Gasteiger partial charge in [0, 0.05) is 6.04 Å². The number of nitrogens with zero attached hydrogens (tertiary/aromatic N) is 4. The Labute approximate surface area is 116 Å². The monoisotopic (exact) mass is 281 g/mol. The van der Waals surface area contributed by atoms with Crippen LogP contribution in [0.4, 0.5) is 0 Å². The highest BCUT2D eigenvalue weighted by Crippen LogP contribution is 2.22. The minimum absolute atomic E-state index is 0.159. The second-order valence-electron chi connectivity index (χ2n) is 4.84. The van der Waals surface area contributed by atoms with Gasteiger partial charge in [-0.2, -0.15) is 9.97 Å². The van der Waals surface area contributed by atoms with Crippen LogP contribution in [-0.4, -0.2) is 51.1 Å². The summed E-state index contributed by atoms with van der Waals surface area (Å²) in [6.45, 7) is 1.73. The fraction of sp³-hybridized carbons (Fsp3) is 0.583. The molecule has 1 saturated heterocycles. The third-order valence-corrected chi connectivity index (χ3v) is 3.73.